The highest BCUT2D eigenvalue weighted by Crippen LogP contribution is 2.23. The molecule has 0 bridgehead atoms. The third-order valence-electron chi connectivity index (χ3n) is 2.09. The molecule has 1 nitrogen and oxygen atoms in total. The molecule has 0 aliphatic heterocycles. The summed E-state index contributed by atoms with van der Waals surface area (Å²) in [5.74, 6) is -0.194. The van der Waals surface area contributed by atoms with Crippen molar-refractivity contribution in [2.45, 2.75) is 12.5 Å². The van der Waals surface area contributed by atoms with Gasteiger partial charge in [-0.2, -0.15) is 0 Å². The van der Waals surface area contributed by atoms with Crippen LogP contribution in [0.15, 0.2) is 35.3 Å². The van der Waals surface area contributed by atoms with Crippen molar-refractivity contribution in [3.05, 3.63) is 46.7 Å². The van der Waals surface area contributed by atoms with Crippen LogP contribution in [0.4, 0.5) is 4.39 Å². The number of hydrogen-bond donors (Lipinski definition) is 1. The fourth-order valence-electron chi connectivity index (χ4n) is 1.35. The van der Waals surface area contributed by atoms with E-state index < -0.39 is 0 Å². The van der Waals surface area contributed by atoms with Crippen LogP contribution >= 0.6 is 15.9 Å². The van der Waals surface area contributed by atoms with Crippen molar-refractivity contribution in [2.75, 3.05) is 7.05 Å². The molecule has 0 aliphatic rings. The van der Waals surface area contributed by atoms with Crippen molar-refractivity contribution in [2.24, 2.45) is 0 Å². The summed E-state index contributed by atoms with van der Waals surface area (Å²) in [5.41, 5.74) is 0.676. The van der Waals surface area contributed by atoms with Crippen LogP contribution in [0.25, 0.3) is 0 Å². The highest BCUT2D eigenvalue weighted by molar-refractivity contribution is 9.10. The van der Waals surface area contributed by atoms with Gasteiger partial charge in [-0.3, -0.25) is 0 Å². The van der Waals surface area contributed by atoms with Crippen molar-refractivity contribution in [1.82, 2.24) is 5.32 Å². The molecule has 1 N–H and O–H groups in total. The first kappa shape index (κ1) is 11.4. The van der Waals surface area contributed by atoms with E-state index in [0.717, 1.165) is 10.9 Å². The minimum absolute atomic E-state index is 0.000556. The molecule has 1 aromatic rings. The maximum Gasteiger partial charge on any atom is 0.129 e. The average molecular weight is 258 g/mol. The van der Waals surface area contributed by atoms with Crippen molar-refractivity contribution in [1.29, 1.82) is 0 Å². The van der Waals surface area contributed by atoms with Gasteiger partial charge >= 0.3 is 0 Å². The molecule has 14 heavy (non-hydrogen) atoms. The zero-order chi connectivity index (χ0) is 10.6. The molecular weight excluding hydrogens is 245 g/mol. The molecule has 0 aliphatic carbocycles. The minimum Gasteiger partial charge on any atom is -0.313 e. The lowest BCUT2D eigenvalue weighted by Crippen LogP contribution is -2.16. The molecule has 0 saturated carbocycles. The number of hydrogen-bond acceptors (Lipinski definition) is 1. The first-order chi connectivity index (χ1) is 6.69. The second-order valence-electron chi connectivity index (χ2n) is 3.03. The largest absolute Gasteiger partial charge is 0.313 e. The summed E-state index contributed by atoms with van der Waals surface area (Å²) in [7, 11) is 1.82. The Morgan fingerprint density at radius 2 is 2.36 bits per heavy atom. The Kier molecular flexibility index (Phi) is 4.29. The molecule has 1 unspecified atom stereocenters. The third-order valence-corrected chi connectivity index (χ3v) is 2.58. The van der Waals surface area contributed by atoms with Crippen molar-refractivity contribution < 1.29 is 4.39 Å². The Morgan fingerprint density at radius 3 is 2.86 bits per heavy atom. The zero-order valence-electron chi connectivity index (χ0n) is 8.06. The topological polar surface area (TPSA) is 12.0 Å². The van der Waals surface area contributed by atoms with Crippen LogP contribution in [-0.2, 0) is 0 Å². The molecule has 0 fully saturated rings. The SMILES string of the molecule is C=CCC(NC)c1ccc(Br)cc1F. The molecule has 0 radical (unpaired) electrons. The lowest BCUT2D eigenvalue weighted by atomic mass is 10.0. The van der Waals surface area contributed by atoms with Crippen LogP contribution in [0.3, 0.4) is 0 Å². The molecule has 0 spiro atoms. The molecule has 0 aromatic heterocycles. The van der Waals surface area contributed by atoms with E-state index in [9.17, 15) is 4.39 Å². The van der Waals surface area contributed by atoms with Crippen LogP contribution in [0, 0.1) is 5.82 Å². The molecule has 0 heterocycles. The quantitative estimate of drug-likeness (QED) is 0.816. The highest BCUT2D eigenvalue weighted by atomic mass is 79.9. The van der Waals surface area contributed by atoms with Gasteiger partial charge in [0.05, 0.1) is 0 Å². The fraction of sp³-hybridized carbons (Fsp3) is 0.273. The van der Waals surface area contributed by atoms with Gasteiger partial charge in [0, 0.05) is 16.1 Å². The Hall–Kier alpha value is -0.670. The standard InChI is InChI=1S/C11H13BrFN/c1-3-4-11(14-2)9-6-5-8(12)7-10(9)13/h3,5-7,11,14H,1,4H2,2H3. The van der Waals surface area contributed by atoms with E-state index in [1.54, 1.807) is 12.1 Å². The number of benzene rings is 1. The molecule has 76 valence electrons. The molecule has 1 rings (SSSR count). The smallest absolute Gasteiger partial charge is 0.129 e. The van der Waals surface area contributed by atoms with Gasteiger partial charge in [-0.15, -0.1) is 6.58 Å². The van der Waals surface area contributed by atoms with Crippen LogP contribution in [0.1, 0.15) is 18.0 Å². The maximum atomic E-state index is 13.5. The van der Waals surface area contributed by atoms with Gasteiger partial charge in [0.2, 0.25) is 0 Å². The molecule has 3 heteroatoms. The van der Waals surface area contributed by atoms with Crippen LogP contribution in [0.2, 0.25) is 0 Å². The first-order valence-corrected chi connectivity index (χ1v) is 5.21. The van der Waals surface area contributed by atoms with E-state index in [1.807, 2.05) is 13.1 Å². The molecule has 1 atom stereocenters. The average Bonchev–Trinajstić information content (AvgIpc) is 2.15. The minimum atomic E-state index is -0.194. The Morgan fingerprint density at radius 1 is 1.64 bits per heavy atom. The second kappa shape index (κ2) is 5.27. The van der Waals surface area contributed by atoms with Gasteiger partial charge in [-0.1, -0.05) is 28.1 Å². The van der Waals surface area contributed by atoms with E-state index in [4.69, 9.17) is 0 Å². The Bertz CT molecular complexity index is 325. The number of nitrogens with one attached hydrogen (secondary N) is 1. The molecule has 1 aromatic carbocycles. The van der Waals surface area contributed by atoms with E-state index in [0.29, 0.717) is 5.56 Å². The van der Waals surface area contributed by atoms with E-state index in [2.05, 4.69) is 27.8 Å². The first-order valence-electron chi connectivity index (χ1n) is 4.42. The van der Waals surface area contributed by atoms with Gasteiger partial charge < -0.3 is 5.32 Å². The third kappa shape index (κ3) is 2.66. The van der Waals surface area contributed by atoms with Crippen LogP contribution < -0.4 is 5.32 Å². The summed E-state index contributed by atoms with van der Waals surface area (Å²) in [6.45, 7) is 3.65. The van der Waals surface area contributed by atoms with Crippen LogP contribution in [0.5, 0.6) is 0 Å². The monoisotopic (exact) mass is 257 g/mol. The summed E-state index contributed by atoms with van der Waals surface area (Å²) in [6.07, 6.45) is 2.50. The van der Waals surface area contributed by atoms with Gasteiger partial charge in [0.15, 0.2) is 0 Å². The fourth-order valence-corrected chi connectivity index (χ4v) is 1.68. The second-order valence-corrected chi connectivity index (χ2v) is 3.95. The Labute approximate surface area is 92.1 Å². The van der Waals surface area contributed by atoms with E-state index in [1.165, 1.54) is 6.07 Å². The normalized spacial score (nSPS) is 12.5. The number of rotatable bonds is 4. The predicted octanol–water partition coefficient (Wildman–Crippen LogP) is 3.42. The summed E-state index contributed by atoms with van der Waals surface area (Å²) in [6, 6.07) is 5.10. The van der Waals surface area contributed by atoms with Crippen molar-refractivity contribution in [3.63, 3.8) is 0 Å². The Balaban J connectivity index is 2.97. The predicted molar refractivity (Wildman–Crippen MR) is 60.7 cm³/mol. The van der Waals surface area contributed by atoms with E-state index >= 15 is 0 Å². The van der Waals surface area contributed by atoms with E-state index in [-0.39, 0.29) is 11.9 Å². The summed E-state index contributed by atoms with van der Waals surface area (Å²) < 4.78 is 14.3. The summed E-state index contributed by atoms with van der Waals surface area (Å²) >= 11 is 3.23. The van der Waals surface area contributed by atoms with Crippen molar-refractivity contribution >= 4 is 15.9 Å². The van der Waals surface area contributed by atoms with Gasteiger partial charge in [0.1, 0.15) is 5.82 Å². The number of halogens is 2. The summed E-state index contributed by atoms with van der Waals surface area (Å²) in [4.78, 5) is 0. The van der Waals surface area contributed by atoms with Crippen molar-refractivity contribution in [3.8, 4) is 0 Å². The lowest BCUT2D eigenvalue weighted by Gasteiger charge is -2.15. The maximum absolute atomic E-state index is 13.5. The molecular formula is C11H13BrFN. The highest BCUT2D eigenvalue weighted by Gasteiger charge is 2.12. The molecule has 0 amide bonds. The molecule has 0 saturated heterocycles. The van der Waals surface area contributed by atoms with Gasteiger partial charge in [0.25, 0.3) is 0 Å². The van der Waals surface area contributed by atoms with Crippen LogP contribution in [-0.4, -0.2) is 7.05 Å². The summed E-state index contributed by atoms with van der Waals surface area (Å²) in [5, 5.41) is 3.05. The lowest BCUT2D eigenvalue weighted by molar-refractivity contribution is 0.539. The van der Waals surface area contributed by atoms with Gasteiger partial charge in [-0.25, -0.2) is 4.39 Å². The van der Waals surface area contributed by atoms with Gasteiger partial charge in [-0.05, 0) is 25.6 Å². The zero-order valence-corrected chi connectivity index (χ0v) is 9.64.